The third-order valence-electron chi connectivity index (χ3n) is 3.35. The maximum atomic E-state index is 11.8. The van der Waals surface area contributed by atoms with Gasteiger partial charge in [0.2, 0.25) is 5.91 Å². The van der Waals surface area contributed by atoms with Gasteiger partial charge in [-0.3, -0.25) is 4.79 Å². The molecule has 0 aromatic heterocycles. The molecule has 16 heavy (non-hydrogen) atoms. The van der Waals surface area contributed by atoms with Crippen molar-refractivity contribution in [1.29, 1.82) is 0 Å². The van der Waals surface area contributed by atoms with Crippen molar-refractivity contribution in [3.05, 3.63) is 0 Å². The summed E-state index contributed by atoms with van der Waals surface area (Å²) in [7, 11) is -3.07. The number of sulfone groups is 1. The van der Waals surface area contributed by atoms with Crippen LogP contribution in [0.3, 0.4) is 0 Å². The number of rotatable bonds is 3. The average Bonchev–Trinajstić information content (AvgIpc) is 2.93. The fourth-order valence-electron chi connectivity index (χ4n) is 2.06. The van der Waals surface area contributed by atoms with Crippen molar-refractivity contribution in [2.24, 2.45) is 11.8 Å². The Balaban J connectivity index is 1.92. The molecule has 4 nitrogen and oxygen atoms in total. The lowest BCUT2D eigenvalue weighted by molar-refractivity contribution is -0.125. The first-order valence-corrected chi connectivity index (χ1v) is 7.80. The molecule has 92 valence electrons. The topological polar surface area (TPSA) is 63.2 Å². The number of alkyl halides is 1. The molecular weight excluding hydrogens is 250 g/mol. The fraction of sp³-hybridized carbons (Fsp3) is 0.900. The van der Waals surface area contributed by atoms with Gasteiger partial charge >= 0.3 is 0 Å². The average molecular weight is 266 g/mol. The van der Waals surface area contributed by atoms with Crippen LogP contribution < -0.4 is 5.32 Å². The zero-order valence-electron chi connectivity index (χ0n) is 9.15. The summed E-state index contributed by atoms with van der Waals surface area (Å²) in [5.41, 5.74) is 0. The fourth-order valence-corrected chi connectivity index (χ4v) is 4.61. The lowest BCUT2D eigenvalue weighted by atomic mass is 10.1. The molecule has 1 aliphatic carbocycles. The first kappa shape index (κ1) is 12.2. The third kappa shape index (κ3) is 2.69. The van der Waals surface area contributed by atoms with Gasteiger partial charge in [0.05, 0.1) is 22.9 Å². The summed E-state index contributed by atoms with van der Waals surface area (Å²) in [6.45, 7) is 1.89. The Bertz CT molecular complexity index is 391. The lowest BCUT2D eigenvalue weighted by Gasteiger charge is -2.17. The number of carbonyl (C=O) groups excluding carboxylic acids is 1. The van der Waals surface area contributed by atoms with Gasteiger partial charge in [0, 0.05) is 5.92 Å². The van der Waals surface area contributed by atoms with Gasteiger partial charge in [-0.15, -0.1) is 11.6 Å². The zero-order chi connectivity index (χ0) is 11.9. The van der Waals surface area contributed by atoms with E-state index >= 15 is 0 Å². The Morgan fingerprint density at radius 2 is 2.00 bits per heavy atom. The van der Waals surface area contributed by atoms with Crippen molar-refractivity contribution in [1.82, 2.24) is 5.32 Å². The molecule has 0 radical (unpaired) electrons. The van der Waals surface area contributed by atoms with E-state index in [1.54, 1.807) is 0 Å². The number of carbonyl (C=O) groups is 1. The molecule has 0 aromatic carbocycles. The smallest absolute Gasteiger partial charge is 0.223 e. The van der Waals surface area contributed by atoms with Crippen LogP contribution in [-0.4, -0.2) is 37.2 Å². The standard InChI is InChI=1S/C10H16ClNO3S/c1-6(7-2-3-7)10(13)12-9-5-16(14,15)4-8(9)11/h6-9H,2-5H2,1H3,(H,12,13). The minimum atomic E-state index is -3.07. The molecule has 1 heterocycles. The molecule has 2 fully saturated rings. The van der Waals surface area contributed by atoms with E-state index in [9.17, 15) is 13.2 Å². The highest BCUT2D eigenvalue weighted by Gasteiger charge is 2.39. The second kappa shape index (κ2) is 4.18. The molecule has 1 saturated carbocycles. The van der Waals surface area contributed by atoms with Gasteiger partial charge < -0.3 is 5.32 Å². The van der Waals surface area contributed by atoms with Gasteiger partial charge in [0.25, 0.3) is 0 Å². The molecule has 3 unspecified atom stereocenters. The van der Waals surface area contributed by atoms with Crippen LogP contribution >= 0.6 is 11.6 Å². The number of hydrogen-bond acceptors (Lipinski definition) is 3. The molecule has 1 N–H and O–H groups in total. The van der Waals surface area contributed by atoms with Crippen molar-refractivity contribution in [3.8, 4) is 0 Å². The lowest BCUT2D eigenvalue weighted by Crippen LogP contribution is -2.43. The van der Waals surface area contributed by atoms with E-state index in [1.165, 1.54) is 0 Å². The molecule has 2 aliphatic rings. The van der Waals surface area contributed by atoms with Crippen molar-refractivity contribution >= 4 is 27.3 Å². The summed E-state index contributed by atoms with van der Waals surface area (Å²) in [5, 5.41) is 2.27. The Morgan fingerprint density at radius 3 is 2.44 bits per heavy atom. The number of nitrogens with one attached hydrogen (secondary N) is 1. The number of hydrogen-bond donors (Lipinski definition) is 1. The molecule has 2 rings (SSSR count). The summed E-state index contributed by atoms with van der Waals surface area (Å²) in [5.74, 6) is 0.343. The highest BCUT2D eigenvalue weighted by molar-refractivity contribution is 7.91. The van der Waals surface area contributed by atoms with Crippen molar-refractivity contribution < 1.29 is 13.2 Å². The van der Waals surface area contributed by atoms with E-state index in [4.69, 9.17) is 11.6 Å². The zero-order valence-corrected chi connectivity index (χ0v) is 10.7. The van der Waals surface area contributed by atoms with Crippen molar-refractivity contribution in [2.45, 2.75) is 31.2 Å². The van der Waals surface area contributed by atoms with Crippen LogP contribution in [0.4, 0.5) is 0 Å². The highest BCUT2D eigenvalue weighted by atomic mass is 35.5. The van der Waals surface area contributed by atoms with Crippen LogP contribution in [0.15, 0.2) is 0 Å². The van der Waals surface area contributed by atoms with Crippen LogP contribution in [0.2, 0.25) is 0 Å². The molecule has 0 spiro atoms. The van der Waals surface area contributed by atoms with Gasteiger partial charge in [-0.1, -0.05) is 6.92 Å². The minimum Gasteiger partial charge on any atom is -0.351 e. The maximum absolute atomic E-state index is 11.8. The second-order valence-corrected chi connectivity index (χ2v) is 7.55. The van der Waals surface area contributed by atoms with E-state index in [0.717, 1.165) is 12.8 Å². The summed E-state index contributed by atoms with van der Waals surface area (Å²) in [6.07, 6.45) is 2.20. The van der Waals surface area contributed by atoms with Gasteiger partial charge in [-0.2, -0.15) is 0 Å². The predicted molar refractivity (Wildman–Crippen MR) is 62.1 cm³/mol. The van der Waals surface area contributed by atoms with E-state index in [-0.39, 0.29) is 23.3 Å². The molecule has 6 heteroatoms. The first-order chi connectivity index (χ1) is 7.39. The van der Waals surface area contributed by atoms with Gasteiger partial charge in [0.15, 0.2) is 9.84 Å². The van der Waals surface area contributed by atoms with E-state index < -0.39 is 21.3 Å². The van der Waals surface area contributed by atoms with Crippen LogP contribution in [0.5, 0.6) is 0 Å². The minimum absolute atomic E-state index is 0.0211. The first-order valence-electron chi connectivity index (χ1n) is 5.54. The van der Waals surface area contributed by atoms with Crippen molar-refractivity contribution in [3.63, 3.8) is 0 Å². The van der Waals surface area contributed by atoms with Crippen molar-refractivity contribution in [2.75, 3.05) is 11.5 Å². The van der Waals surface area contributed by atoms with Crippen LogP contribution in [0.25, 0.3) is 0 Å². The monoisotopic (exact) mass is 265 g/mol. The highest BCUT2D eigenvalue weighted by Crippen LogP contribution is 2.36. The Hall–Kier alpha value is -0.290. The van der Waals surface area contributed by atoms with Gasteiger partial charge in [-0.05, 0) is 18.8 Å². The Kier molecular flexibility index (Phi) is 3.18. The Morgan fingerprint density at radius 1 is 1.38 bits per heavy atom. The number of amides is 1. The Labute approximate surface area is 101 Å². The van der Waals surface area contributed by atoms with Crippen LogP contribution in [0, 0.1) is 11.8 Å². The SMILES string of the molecule is CC(C(=O)NC1CS(=O)(=O)CC1Cl)C1CC1. The van der Waals surface area contributed by atoms with Gasteiger partial charge in [-0.25, -0.2) is 8.42 Å². The summed E-state index contributed by atoms with van der Waals surface area (Å²) in [4.78, 5) is 11.8. The maximum Gasteiger partial charge on any atom is 0.223 e. The molecule has 0 bridgehead atoms. The molecule has 0 aromatic rings. The van der Waals surface area contributed by atoms with Crippen LogP contribution in [-0.2, 0) is 14.6 Å². The molecule has 3 atom stereocenters. The second-order valence-electron chi connectivity index (χ2n) is 4.83. The quantitative estimate of drug-likeness (QED) is 0.758. The summed E-state index contributed by atoms with van der Waals surface area (Å²) >= 11 is 5.91. The van der Waals surface area contributed by atoms with E-state index in [2.05, 4.69) is 5.32 Å². The molecule has 1 saturated heterocycles. The van der Waals surface area contributed by atoms with E-state index in [1.807, 2.05) is 6.92 Å². The summed E-state index contributed by atoms with van der Waals surface area (Å²) in [6, 6.07) is -0.416. The molecule has 1 aliphatic heterocycles. The predicted octanol–water partition coefficient (Wildman–Crippen LogP) is 0.553. The van der Waals surface area contributed by atoms with E-state index in [0.29, 0.717) is 5.92 Å². The normalized spacial score (nSPS) is 34.6. The largest absolute Gasteiger partial charge is 0.351 e. The van der Waals surface area contributed by atoms with Crippen LogP contribution in [0.1, 0.15) is 19.8 Å². The molecular formula is C10H16ClNO3S. The molecule has 1 amide bonds. The third-order valence-corrected chi connectivity index (χ3v) is 5.73. The summed E-state index contributed by atoms with van der Waals surface area (Å²) < 4.78 is 22.6. The number of halogens is 1. The van der Waals surface area contributed by atoms with Gasteiger partial charge in [0.1, 0.15) is 0 Å².